The van der Waals surface area contributed by atoms with E-state index in [0.29, 0.717) is 12.5 Å². The number of hydrogen-bond acceptors (Lipinski definition) is 3. The summed E-state index contributed by atoms with van der Waals surface area (Å²) in [6.07, 6.45) is 0.706. The minimum atomic E-state index is -1.16. The Kier molecular flexibility index (Phi) is 5.99. The van der Waals surface area contributed by atoms with Crippen molar-refractivity contribution in [3.05, 3.63) is 29.8 Å². The summed E-state index contributed by atoms with van der Waals surface area (Å²) in [5, 5.41) is 14.5. The number of carbonyl (C=O) groups excluding carboxylic acids is 2. The van der Waals surface area contributed by atoms with E-state index in [1.165, 1.54) is 0 Å². The molecular weight excluding hydrogens is 294 g/mol. The second-order valence-electron chi connectivity index (χ2n) is 5.46. The van der Waals surface area contributed by atoms with Gasteiger partial charge in [-0.15, -0.1) is 0 Å². The first-order valence-electron chi connectivity index (χ1n) is 6.93. The molecule has 0 unspecified atom stereocenters. The molecule has 0 aromatic heterocycles. The third-order valence-corrected chi connectivity index (χ3v) is 3.61. The Hall–Kier alpha value is -2.02. The van der Waals surface area contributed by atoms with E-state index in [9.17, 15) is 23.5 Å². The summed E-state index contributed by atoms with van der Waals surface area (Å²) >= 11 is 0. The second kappa shape index (κ2) is 7.31. The standard InChI is InChI=1S/C15H20F2N2O3/c1-4-9(2)15(3,22)8-18-13(20)14(21)19-12-6-10(16)5-11(17)7-12/h5-7,9,22H,4,8H2,1-3H3,(H,18,20)(H,19,21)/t9-,15-/m1/s1. The van der Waals surface area contributed by atoms with Crippen molar-refractivity contribution in [2.75, 3.05) is 11.9 Å². The van der Waals surface area contributed by atoms with E-state index < -0.39 is 29.0 Å². The lowest BCUT2D eigenvalue weighted by molar-refractivity contribution is -0.137. The summed E-state index contributed by atoms with van der Waals surface area (Å²) in [6.45, 7) is 5.17. The van der Waals surface area contributed by atoms with Crippen LogP contribution in [0.3, 0.4) is 0 Å². The van der Waals surface area contributed by atoms with E-state index in [4.69, 9.17) is 0 Å². The minimum absolute atomic E-state index is 0.0758. The topological polar surface area (TPSA) is 78.4 Å². The number of nitrogens with one attached hydrogen (secondary N) is 2. The monoisotopic (exact) mass is 314 g/mol. The van der Waals surface area contributed by atoms with Crippen molar-refractivity contribution < 1.29 is 23.5 Å². The Labute approximate surface area is 127 Å². The van der Waals surface area contributed by atoms with Crippen molar-refractivity contribution in [2.45, 2.75) is 32.8 Å². The van der Waals surface area contributed by atoms with Crippen LogP contribution in [0.2, 0.25) is 0 Å². The molecule has 0 bridgehead atoms. The number of carbonyl (C=O) groups is 2. The largest absolute Gasteiger partial charge is 0.388 e. The zero-order valence-electron chi connectivity index (χ0n) is 12.7. The Morgan fingerprint density at radius 1 is 1.23 bits per heavy atom. The van der Waals surface area contributed by atoms with Gasteiger partial charge in [0.25, 0.3) is 0 Å². The summed E-state index contributed by atoms with van der Waals surface area (Å²) in [4.78, 5) is 23.3. The van der Waals surface area contributed by atoms with Crippen LogP contribution in [0.4, 0.5) is 14.5 Å². The molecule has 0 aliphatic heterocycles. The summed E-state index contributed by atoms with van der Waals surface area (Å²) in [5.41, 5.74) is -1.32. The van der Waals surface area contributed by atoms with Crippen LogP contribution in [0.25, 0.3) is 0 Å². The maximum absolute atomic E-state index is 13.0. The summed E-state index contributed by atoms with van der Waals surface area (Å²) in [5.74, 6) is -3.86. The maximum atomic E-state index is 13.0. The van der Waals surface area contributed by atoms with Crippen LogP contribution in [-0.2, 0) is 9.59 Å². The molecule has 0 saturated heterocycles. The average molecular weight is 314 g/mol. The molecule has 0 spiro atoms. The first-order chi connectivity index (χ1) is 10.2. The highest BCUT2D eigenvalue weighted by Crippen LogP contribution is 2.18. The highest BCUT2D eigenvalue weighted by atomic mass is 19.1. The van der Waals surface area contributed by atoms with Crippen LogP contribution < -0.4 is 10.6 Å². The summed E-state index contributed by atoms with van der Waals surface area (Å²) in [7, 11) is 0. The highest BCUT2D eigenvalue weighted by Gasteiger charge is 2.28. The lowest BCUT2D eigenvalue weighted by Gasteiger charge is -2.29. The van der Waals surface area contributed by atoms with Crippen molar-refractivity contribution in [1.29, 1.82) is 0 Å². The van der Waals surface area contributed by atoms with Crippen molar-refractivity contribution in [3.63, 3.8) is 0 Å². The number of benzene rings is 1. The van der Waals surface area contributed by atoms with Gasteiger partial charge < -0.3 is 15.7 Å². The highest BCUT2D eigenvalue weighted by molar-refractivity contribution is 6.39. The van der Waals surface area contributed by atoms with Crippen LogP contribution >= 0.6 is 0 Å². The van der Waals surface area contributed by atoms with Crippen molar-refractivity contribution >= 4 is 17.5 Å². The van der Waals surface area contributed by atoms with Gasteiger partial charge in [0.05, 0.1) is 5.60 Å². The minimum Gasteiger partial charge on any atom is -0.388 e. The van der Waals surface area contributed by atoms with E-state index >= 15 is 0 Å². The van der Waals surface area contributed by atoms with Crippen molar-refractivity contribution in [1.82, 2.24) is 5.32 Å². The normalized spacial score (nSPS) is 14.8. The SMILES string of the molecule is CC[C@@H](C)[C@](C)(O)CNC(=O)C(=O)Nc1cc(F)cc(F)c1. The molecule has 0 saturated carbocycles. The molecule has 0 aliphatic carbocycles. The van der Waals surface area contributed by atoms with Crippen LogP contribution in [0.1, 0.15) is 27.2 Å². The fraction of sp³-hybridized carbons (Fsp3) is 0.467. The number of amides is 2. The van der Waals surface area contributed by atoms with Gasteiger partial charge in [0.1, 0.15) is 11.6 Å². The van der Waals surface area contributed by atoms with E-state index in [2.05, 4.69) is 10.6 Å². The lowest BCUT2D eigenvalue weighted by atomic mass is 9.89. The molecule has 1 aromatic carbocycles. The third kappa shape index (κ3) is 5.07. The molecule has 5 nitrogen and oxygen atoms in total. The molecule has 1 rings (SSSR count). The van der Waals surface area contributed by atoms with Gasteiger partial charge in [0.15, 0.2) is 0 Å². The van der Waals surface area contributed by atoms with Gasteiger partial charge in [-0.2, -0.15) is 0 Å². The molecular formula is C15H20F2N2O3. The van der Waals surface area contributed by atoms with Crippen molar-refractivity contribution in [2.24, 2.45) is 5.92 Å². The number of hydrogen-bond donors (Lipinski definition) is 3. The first kappa shape index (κ1) is 18.0. The summed E-state index contributed by atoms with van der Waals surface area (Å²) < 4.78 is 26.0. The predicted molar refractivity (Wildman–Crippen MR) is 78.1 cm³/mol. The molecule has 0 fully saturated rings. The Balaban J connectivity index is 2.61. The van der Waals surface area contributed by atoms with Crippen LogP contribution in [0.5, 0.6) is 0 Å². The maximum Gasteiger partial charge on any atom is 0.313 e. The zero-order valence-corrected chi connectivity index (χ0v) is 12.7. The first-order valence-corrected chi connectivity index (χ1v) is 6.93. The Bertz CT molecular complexity index is 541. The van der Waals surface area contributed by atoms with Crippen molar-refractivity contribution in [3.8, 4) is 0 Å². The van der Waals surface area contributed by atoms with Gasteiger partial charge in [-0.3, -0.25) is 9.59 Å². The van der Waals surface area contributed by atoms with Crippen LogP contribution in [-0.4, -0.2) is 29.1 Å². The van der Waals surface area contributed by atoms with Gasteiger partial charge in [0, 0.05) is 18.3 Å². The van der Waals surface area contributed by atoms with Gasteiger partial charge in [-0.25, -0.2) is 8.78 Å². The molecule has 7 heteroatoms. The second-order valence-corrected chi connectivity index (χ2v) is 5.46. The molecule has 1 aromatic rings. The lowest BCUT2D eigenvalue weighted by Crippen LogP contribution is -2.47. The molecule has 0 heterocycles. The number of halogens is 2. The molecule has 2 atom stereocenters. The number of anilines is 1. The Morgan fingerprint density at radius 3 is 2.27 bits per heavy atom. The predicted octanol–water partition coefficient (Wildman–Crippen LogP) is 1.82. The van der Waals surface area contributed by atoms with Gasteiger partial charge in [-0.1, -0.05) is 20.3 Å². The fourth-order valence-corrected chi connectivity index (χ4v) is 1.77. The van der Waals surface area contributed by atoms with E-state index in [-0.39, 0.29) is 18.2 Å². The molecule has 0 aliphatic rings. The smallest absolute Gasteiger partial charge is 0.313 e. The molecule has 0 radical (unpaired) electrons. The fourth-order valence-electron chi connectivity index (χ4n) is 1.77. The quantitative estimate of drug-likeness (QED) is 0.725. The third-order valence-electron chi connectivity index (χ3n) is 3.61. The van der Waals surface area contributed by atoms with Gasteiger partial charge in [0.2, 0.25) is 0 Å². The van der Waals surface area contributed by atoms with E-state index in [1.807, 2.05) is 13.8 Å². The Morgan fingerprint density at radius 2 is 1.77 bits per heavy atom. The molecule has 3 N–H and O–H groups in total. The van der Waals surface area contributed by atoms with Gasteiger partial charge >= 0.3 is 11.8 Å². The summed E-state index contributed by atoms with van der Waals surface area (Å²) in [6, 6.07) is 2.44. The van der Waals surface area contributed by atoms with E-state index in [1.54, 1.807) is 6.92 Å². The van der Waals surface area contributed by atoms with Gasteiger partial charge in [-0.05, 0) is 25.0 Å². The zero-order chi connectivity index (χ0) is 16.9. The van der Waals surface area contributed by atoms with E-state index in [0.717, 1.165) is 12.1 Å². The van der Waals surface area contributed by atoms with Crippen LogP contribution in [0, 0.1) is 17.6 Å². The number of aliphatic hydroxyl groups is 1. The molecule has 22 heavy (non-hydrogen) atoms. The number of rotatable bonds is 5. The molecule has 2 amide bonds. The molecule has 122 valence electrons. The average Bonchev–Trinajstić information content (AvgIpc) is 2.42. The van der Waals surface area contributed by atoms with Crippen LogP contribution in [0.15, 0.2) is 18.2 Å².